The summed E-state index contributed by atoms with van der Waals surface area (Å²) in [6, 6.07) is 8.24. The lowest BCUT2D eigenvalue weighted by Crippen LogP contribution is -2.34. The number of halogens is 3. The zero-order valence-corrected chi connectivity index (χ0v) is 14.8. The Morgan fingerprint density at radius 1 is 1.18 bits per heavy atom. The standard InChI is InChI=1S/C18H19F3N4O3/c19-18(20,21)11-22-17(27)15-13(23-16(26)12-6-2-1-3-7-12)10-25(24-15)14-8-4-5-9-28-14/h1-3,6-7,10,14H,4-5,8-9,11H2,(H,22,27)(H,23,26). The summed E-state index contributed by atoms with van der Waals surface area (Å²) >= 11 is 0. The second-order valence-corrected chi connectivity index (χ2v) is 6.31. The molecule has 1 aromatic carbocycles. The Labute approximate surface area is 158 Å². The molecule has 1 saturated heterocycles. The molecule has 0 bridgehead atoms. The van der Waals surface area contributed by atoms with Crippen molar-refractivity contribution in [3.8, 4) is 0 Å². The van der Waals surface area contributed by atoms with Gasteiger partial charge in [-0.2, -0.15) is 18.3 Å². The van der Waals surface area contributed by atoms with E-state index in [1.807, 2.05) is 0 Å². The van der Waals surface area contributed by atoms with Crippen LogP contribution in [0.15, 0.2) is 36.5 Å². The number of nitrogens with zero attached hydrogens (tertiary/aromatic N) is 2. The summed E-state index contributed by atoms with van der Waals surface area (Å²) in [5.74, 6) is -1.54. The van der Waals surface area contributed by atoms with E-state index in [1.54, 1.807) is 35.6 Å². The number of nitrogens with one attached hydrogen (secondary N) is 2. The molecule has 28 heavy (non-hydrogen) atoms. The van der Waals surface area contributed by atoms with Gasteiger partial charge < -0.3 is 15.4 Å². The molecule has 150 valence electrons. The van der Waals surface area contributed by atoms with Gasteiger partial charge in [-0.1, -0.05) is 18.2 Å². The van der Waals surface area contributed by atoms with Crippen molar-refractivity contribution in [2.45, 2.75) is 31.7 Å². The topological polar surface area (TPSA) is 85.2 Å². The van der Waals surface area contributed by atoms with E-state index in [2.05, 4.69) is 10.4 Å². The Balaban J connectivity index is 1.84. The van der Waals surface area contributed by atoms with Crippen LogP contribution in [0.5, 0.6) is 0 Å². The summed E-state index contributed by atoms with van der Waals surface area (Å²) in [4.78, 5) is 24.6. The average molecular weight is 396 g/mol. The van der Waals surface area contributed by atoms with Gasteiger partial charge in [0.05, 0.1) is 11.9 Å². The number of carbonyl (C=O) groups is 2. The Morgan fingerprint density at radius 3 is 2.57 bits per heavy atom. The molecule has 7 nitrogen and oxygen atoms in total. The minimum Gasteiger partial charge on any atom is -0.357 e. The maximum atomic E-state index is 12.4. The van der Waals surface area contributed by atoms with E-state index in [1.165, 1.54) is 10.9 Å². The van der Waals surface area contributed by atoms with Crippen LogP contribution in [0, 0.1) is 0 Å². The van der Waals surface area contributed by atoms with Crippen molar-refractivity contribution in [3.63, 3.8) is 0 Å². The summed E-state index contributed by atoms with van der Waals surface area (Å²) in [5.41, 5.74) is 0.0521. The molecule has 3 rings (SSSR count). The van der Waals surface area contributed by atoms with Crippen molar-refractivity contribution >= 4 is 17.5 Å². The molecule has 10 heteroatoms. The number of aromatic nitrogens is 2. The fraction of sp³-hybridized carbons (Fsp3) is 0.389. The first-order valence-corrected chi connectivity index (χ1v) is 8.75. The lowest BCUT2D eigenvalue weighted by atomic mass is 10.2. The molecule has 1 aliphatic heterocycles. The fourth-order valence-electron chi connectivity index (χ4n) is 2.78. The number of benzene rings is 1. The highest BCUT2D eigenvalue weighted by molar-refractivity contribution is 6.08. The third-order valence-corrected chi connectivity index (χ3v) is 4.13. The molecule has 0 radical (unpaired) electrons. The summed E-state index contributed by atoms with van der Waals surface area (Å²) in [6.45, 7) is -0.976. The quantitative estimate of drug-likeness (QED) is 0.813. The minimum atomic E-state index is -4.56. The van der Waals surface area contributed by atoms with Gasteiger partial charge in [0.1, 0.15) is 12.8 Å². The van der Waals surface area contributed by atoms with Gasteiger partial charge >= 0.3 is 6.18 Å². The van der Waals surface area contributed by atoms with Crippen LogP contribution in [0.1, 0.15) is 46.3 Å². The van der Waals surface area contributed by atoms with Crippen LogP contribution < -0.4 is 10.6 Å². The van der Waals surface area contributed by atoms with E-state index in [0.717, 1.165) is 12.8 Å². The number of hydrogen-bond donors (Lipinski definition) is 2. The van der Waals surface area contributed by atoms with Gasteiger partial charge in [0, 0.05) is 12.2 Å². The first-order valence-electron chi connectivity index (χ1n) is 8.75. The number of anilines is 1. The van der Waals surface area contributed by atoms with Gasteiger partial charge in [0.15, 0.2) is 5.69 Å². The van der Waals surface area contributed by atoms with Crippen molar-refractivity contribution in [3.05, 3.63) is 47.8 Å². The predicted octanol–water partition coefficient (Wildman–Crippen LogP) is 3.13. The third-order valence-electron chi connectivity index (χ3n) is 4.13. The summed E-state index contributed by atoms with van der Waals surface area (Å²) in [6.07, 6.45) is -1.15. The molecular formula is C18H19F3N4O3. The van der Waals surface area contributed by atoms with Gasteiger partial charge in [0.2, 0.25) is 0 Å². The number of rotatable bonds is 5. The van der Waals surface area contributed by atoms with Crippen molar-refractivity contribution < 1.29 is 27.5 Å². The molecule has 1 atom stereocenters. The van der Waals surface area contributed by atoms with Crippen LogP contribution in [-0.4, -0.2) is 40.9 Å². The maximum absolute atomic E-state index is 12.4. The minimum absolute atomic E-state index is 0.0164. The second-order valence-electron chi connectivity index (χ2n) is 6.31. The Morgan fingerprint density at radius 2 is 1.93 bits per heavy atom. The normalized spacial score (nSPS) is 17.2. The molecule has 1 unspecified atom stereocenters. The molecule has 2 heterocycles. The van der Waals surface area contributed by atoms with Gasteiger partial charge in [-0.15, -0.1) is 0 Å². The molecule has 0 aliphatic carbocycles. The number of amides is 2. The zero-order chi connectivity index (χ0) is 20.1. The van der Waals surface area contributed by atoms with Crippen molar-refractivity contribution in [1.82, 2.24) is 15.1 Å². The highest BCUT2D eigenvalue weighted by atomic mass is 19.4. The first kappa shape index (κ1) is 19.9. The van der Waals surface area contributed by atoms with E-state index < -0.39 is 30.8 Å². The molecule has 0 spiro atoms. The largest absolute Gasteiger partial charge is 0.405 e. The second kappa shape index (κ2) is 8.42. The number of hydrogen-bond acceptors (Lipinski definition) is 4. The Bertz CT molecular complexity index is 830. The lowest BCUT2D eigenvalue weighted by molar-refractivity contribution is -0.123. The number of carbonyl (C=O) groups excluding carboxylic acids is 2. The number of ether oxygens (including phenoxy) is 1. The Kier molecular flexibility index (Phi) is 5.98. The molecule has 0 saturated carbocycles. The summed E-state index contributed by atoms with van der Waals surface area (Å²) in [5, 5.41) is 8.40. The predicted molar refractivity (Wildman–Crippen MR) is 93.9 cm³/mol. The fourth-order valence-corrected chi connectivity index (χ4v) is 2.78. The molecular weight excluding hydrogens is 377 g/mol. The number of alkyl halides is 3. The van der Waals surface area contributed by atoms with Crippen LogP contribution in [0.2, 0.25) is 0 Å². The molecule has 2 aromatic rings. The van der Waals surface area contributed by atoms with Crippen LogP contribution in [0.3, 0.4) is 0 Å². The maximum Gasteiger partial charge on any atom is 0.405 e. The van der Waals surface area contributed by atoms with Crippen molar-refractivity contribution in [1.29, 1.82) is 0 Å². The lowest BCUT2D eigenvalue weighted by Gasteiger charge is -2.22. The van der Waals surface area contributed by atoms with E-state index in [4.69, 9.17) is 4.74 Å². The van der Waals surface area contributed by atoms with Crippen molar-refractivity contribution in [2.75, 3.05) is 18.5 Å². The third kappa shape index (κ3) is 5.10. The average Bonchev–Trinajstić information content (AvgIpc) is 3.11. The van der Waals surface area contributed by atoms with Gasteiger partial charge in [-0.3, -0.25) is 9.59 Å². The molecule has 2 N–H and O–H groups in total. The van der Waals surface area contributed by atoms with Crippen molar-refractivity contribution in [2.24, 2.45) is 0 Å². The highest BCUT2D eigenvalue weighted by Gasteiger charge is 2.30. The smallest absolute Gasteiger partial charge is 0.357 e. The van der Waals surface area contributed by atoms with Crippen LogP contribution in [-0.2, 0) is 4.74 Å². The van der Waals surface area contributed by atoms with Crippen LogP contribution in [0.4, 0.5) is 18.9 Å². The summed E-state index contributed by atoms with van der Waals surface area (Å²) < 4.78 is 44.2. The van der Waals surface area contributed by atoms with E-state index in [0.29, 0.717) is 18.6 Å². The SMILES string of the molecule is O=C(Nc1cn(C2CCCCO2)nc1C(=O)NCC(F)(F)F)c1ccccc1. The molecule has 1 fully saturated rings. The zero-order valence-electron chi connectivity index (χ0n) is 14.8. The summed E-state index contributed by atoms with van der Waals surface area (Å²) in [7, 11) is 0. The van der Waals surface area contributed by atoms with E-state index in [9.17, 15) is 22.8 Å². The first-order chi connectivity index (χ1) is 13.3. The van der Waals surface area contributed by atoms with Crippen LogP contribution >= 0.6 is 0 Å². The van der Waals surface area contributed by atoms with Gasteiger partial charge in [-0.25, -0.2) is 4.68 Å². The Hall–Kier alpha value is -2.88. The monoisotopic (exact) mass is 396 g/mol. The molecule has 1 aromatic heterocycles. The van der Waals surface area contributed by atoms with E-state index in [-0.39, 0.29) is 11.4 Å². The van der Waals surface area contributed by atoms with Crippen LogP contribution in [0.25, 0.3) is 0 Å². The molecule has 1 aliphatic rings. The molecule has 2 amide bonds. The highest BCUT2D eigenvalue weighted by Crippen LogP contribution is 2.25. The van der Waals surface area contributed by atoms with E-state index >= 15 is 0 Å². The van der Waals surface area contributed by atoms with Gasteiger partial charge in [0.25, 0.3) is 11.8 Å². The van der Waals surface area contributed by atoms with Gasteiger partial charge in [-0.05, 0) is 31.4 Å².